The maximum Gasteiger partial charge on any atom is 0.407 e. The van der Waals surface area contributed by atoms with E-state index >= 15 is 0 Å². The molecule has 0 amide bonds. The van der Waals surface area contributed by atoms with E-state index in [1.54, 1.807) is 60.7 Å². The molecule has 0 radical (unpaired) electrons. The number of rotatable bonds is 7. The molecule has 1 fully saturated rings. The number of hydrogen-bond acceptors (Lipinski definition) is 5. The zero-order valence-corrected chi connectivity index (χ0v) is 21.9. The summed E-state index contributed by atoms with van der Waals surface area (Å²) < 4.78 is 53.6. The lowest BCUT2D eigenvalue weighted by Crippen LogP contribution is -2.48. The van der Waals surface area contributed by atoms with Gasteiger partial charge in [0.1, 0.15) is 41.8 Å². The second-order valence-electron chi connectivity index (χ2n) is 10.3. The molecule has 0 aliphatic carbocycles. The van der Waals surface area contributed by atoms with E-state index in [0.29, 0.717) is 24.6 Å². The normalized spacial score (nSPS) is 20.4. The van der Waals surface area contributed by atoms with Crippen LogP contribution in [0.3, 0.4) is 0 Å². The van der Waals surface area contributed by atoms with E-state index in [1.807, 2.05) is 19.9 Å². The van der Waals surface area contributed by atoms with Gasteiger partial charge in [-0.2, -0.15) is 13.2 Å². The highest BCUT2D eigenvalue weighted by Gasteiger charge is 2.46. The number of halogens is 3. The van der Waals surface area contributed by atoms with Crippen molar-refractivity contribution in [1.82, 2.24) is 4.90 Å². The van der Waals surface area contributed by atoms with E-state index < -0.39 is 24.9 Å². The largest absolute Gasteiger partial charge is 0.508 e. The van der Waals surface area contributed by atoms with Crippen molar-refractivity contribution < 1.29 is 32.9 Å². The van der Waals surface area contributed by atoms with Crippen molar-refractivity contribution in [2.45, 2.75) is 45.0 Å². The first-order valence-corrected chi connectivity index (χ1v) is 13.2. The zero-order chi connectivity index (χ0) is 27.7. The summed E-state index contributed by atoms with van der Waals surface area (Å²) in [4.78, 5) is 1.49. The van der Waals surface area contributed by atoms with Gasteiger partial charge in [-0.1, -0.05) is 37.6 Å². The van der Waals surface area contributed by atoms with E-state index in [4.69, 9.17) is 9.47 Å². The molecule has 2 aliphatic heterocycles. The van der Waals surface area contributed by atoms with Gasteiger partial charge in [-0.25, -0.2) is 0 Å². The Morgan fingerprint density at radius 2 is 1.77 bits per heavy atom. The second-order valence-corrected chi connectivity index (χ2v) is 10.3. The molecular weight excluding hydrogens is 507 g/mol. The van der Waals surface area contributed by atoms with Crippen LogP contribution in [0.25, 0.3) is 11.1 Å². The van der Waals surface area contributed by atoms with Crippen LogP contribution in [0.15, 0.2) is 66.7 Å². The van der Waals surface area contributed by atoms with Gasteiger partial charge in [0, 0.05) is 17.7 Å². The Kier molecular flexibility index (Phi) is 7.49. The minimum absolute atomic E-state index is 0.111. The molecule has 206 valence electrons. The van der Waals surface area contributed by atoms with Crippen molar-refractivity contribution in [3.63, 3.8) is 0 Å². The predicted octanol–water partition coefficient (Wildman–Crippen LogP) is 7.20. The fraction of sp³-hybridized carbons (Fsp3) is 0.355. The average molecular weight is 540 g/mol. The fourth-order valence-electron chi connectivity index (χ4n) is 5.52. The maximum atomic E-state index is 13.9. The molecule has 5 rings (SSSR count). The van der Waals surface area contributed by atoms with E-state index in [-0.39, 0.29) is 17.4 Å². The average Bonchev–Trinajstić information content (AvgIpc) is 3.37. The van der Waals surface area contributed by atoms with E-state index in [9.17, 15) is 23.4 Å². The Balaban J connectivity index is 1.40. The molecule has 2 N–H and O–H groups in total. The molecule has 0 spiro atoms. The Labute approximate surface area is 226 Å². The maximum absolute atomic E-state index is 13.9. The number of nitrogens with zero attached hydrogens (tertiary/aromatic N) is 1. The molecule has 5 nitrogen and oxygen atoms in total. The Morgan fingerprint density at radius 3 is 2.44 bits per heavy atom. The predicted molar refractivity (Wildman–Crippen MR) is 144 cm³/mol. The van der Waals surface area contributed by atoms with Gasteiger partial charge < -0.3 is 19.7 Å². The number of alkyl halides is 3. The van der Waals surface area contributed by atoms with E-state index in [0.717, 1.165) is 40.7 Å². The SMILES string of the molecule is CC[C@@H]1CCN([C@H](COc2ccc(C3Oc4ccc(O)cc4C(C)=C3c3cccc(O)c3)cc2)C(F)(F)F)C1. The van der Waals surface area contributed by atoms with Gasteiger partial charge in [0.15, 0.2) is 0 Å². The lowest BCUT2D eigenvalue weighted by atomic mass is 9.86. The first-order chi connectivity index (χ1) is 18.6. The molecule has 3 atom stereocenters. The van der Waals surface area contributed by atoms with Crippen LogP contribution in [0.1, 0.15) is 49.5 Å². The standard InChI is InChI=1S/C31H32F3NO4/c1-3-20-13-14-35(17-20)28(31(32,33)34)18-38-25-10-7-21(8-11-25)30-29(22-5-4-6-23(36)15-22)19(2)26-16-24(37)9-12-27(26)39-30/h4-12,15-16,20,28,30,36-37H,3,13-14,17-18H2,1-2H3/t20-,28-,30?/m1/s1. The van der Waals surface area contributed by atoms with Crippen molar-refractivity contribution in [3.05, 3.63) is 83.4 Å². The summed E-state index contributed by atoms with van der Waals surface area (Å²) in [6.07, 6.45) is -3.28. The lowest BCUT2D eigenvalue weighted by molar-refractivity contribution is -0.188. The zero-order valence-electron chi connectivity index (χ0n) is 21.9. The Bertz CT molecular complexity index is 1350. The van der Waals surface area contributed by atoms with E-state index in [2.05, 4.69) is 0 Å². The van der Waals surface area contributed by atoms with Gasteiger partial charge in [-0.15, -0.1) is 0 Å². The molecule has 0 aromatic heterocycles. The molecule has 1 saturated heterocycles. The highest BCUT2D eigenvalue weighted by atomic mass is 19.4. The topological polar surface area (TPSA) is 62.2 Å². The highest BCUT2D eigenvalue weighted by Crippen LogP contribution is 2.47. The van der Waals surface area contributed by atoms with Crippen molar-refractivity contribution in [3.8, 4) is 23.0 Å². The summed E-state index contributed by atoms with van der Waals surface area (Å²) >= 11 is 0. The number of allylic oxidation sites excluding steroid dienone is 1. The number of aromatic hydroxyl groups is 2. The van der Waals surface area contributed by atoms with Crippen LogP contribution in [0.2, 0.25) is 0 Å². The molecular formula is C31H32F3NO4. The van der Waals surface area contributed by atoms with Crippen LogP contribution in [0, 0.1) is 5.92 Å². The van der Waals surface area contributed by atoms with Crippen LogP contribution >= 0.6 is 0 Å². The van der Waals surface area contributed by atoms with Crippen molar-refractivity contribution in [1.29, 1.82) is 0 Å². The minimum atomic E-state index is -4.38. The summed E-state index contributed by atoms with van der Waals surface area (Å²) in [6.45, 7) is 4.33. The molecule has 39 heavy (non-hydrogen) atoms. The quantitative estimate of drug-likeness (QED) is 0.332. The van der Waals surface area contributed by atoms with Crippen LogP contribution in [0.4, 0.5) is 13.2 Å². The number of benzene rings is 3. The van der Waals surface area contributed by atoms with E-state index in [1.165, 1.54) is 4.90 Å². The van der Waals surface area contributed by atoms with Gasteiger partial charge in [-0.05, 0) is 85.0 Å². The number of ether oxygens (including phenoxy) is 2. The summed E-state index contributed by atoms with van der Waals surface area (Å²) in [7, 11) is 0. The number of hydrogen-bond donors (Lipinski definition) is 2. The lowest BCUT2D eigenvalue weighted by Gasteiger charge is -2.31. The number of likely N-dealkylation sites (tertiary alicyclic amines) is 1. The molecule has 1 unspecified atom stereocenters. The monoisotopic (exact) mass is 539 g/mol. The molecule has 3 aromatic carbocycles. The number of phenolic OH excluding ortho intramolecular Hbond substituents is 2. The summed E-state index contributed by atoms with van der Waals surface area (Å²) in [5.74, 6) is 1.46. The van der Waals surface area contributed by atoms with Crippen molar-refractivity contribution in [2.75, 3.05) is 19.7 Å². The second kappa shape index (κ2) is 10.8. The first-order valence-electron chi connectivity index (χ1n) is 13.2. The van der Waals surface area contributed by atoms with Crippen LogP contribution in [0.5, 0.6) is 23.0 Å². The molecule has 2 aliphatic rings. The molecule has 8 heteroatoms. The third kappa shape index (κ3) is 5.71. The summed E-state index contributed by atoms with van der Waals surface area (Å²) in [5, 5.41) is 20.2. The summed E-state index contributed by atoms with van der Waals surface area (Å²) in [6, 6.07) is 17.0. The minimum Gasteiger partial charge on any atom is -0.508 e. The smallest absolute Gasteiger partial charge is 0.407 e. The molecule has 0 saturated carbocycles. The van der Waals surface area contributed by atoms with Crippen molar-refractivity contribution >= 4 is 11.1 Å². The number of phenols is 2. The Morgan fingerprint density at radius 1 is 1.03 bits per heavy atom. The third-order valence-electron chi connectivity index (χ3n) is 7.74. The Hall–Kier alpha value is -3.65. The summed E-state index contributed by atoms with van der Waals surface area (Å²) in [5.41, 5.74) is 3.98. The van der Waals surface area contributed by atoms with Gasteiger partial charge in [-0.3, -0.25) is 4.90 Å². The fourth-order valence-corrected chi connectivity index (χ4v) is 5.52. The number of fused-ring (bicyclic) bond motifs is 1. The third-order valence-corrected chi connectivity index (χ3v) is 7.74. The molecule has 0 bridgehead atoms. The van der Waals surface area contributed by atoms with Gasteiger partial charge in [0.2, 0.25) is 0 Å². The van der Waals surface area contributed by atoms with Gasteiger partial charge >= 0.3 is 6.18 Å². The molecule has 3 aromatic rings. The molecule has 2 heterocycles. The van der Waals surface area contributed by atoms with Crippen LogP contribution in [-0.2, 0) is 0 Å². The van der Waals surface area contributed by atoms with Crippen LogP contribution in [-0.4, -0.2) is 47.0 Å². The van der Waals surface area contributed by atoms with Crippen LogP contribution < -0.4 is 9.47 Å². The van der Waals surface area contributed by atoms with Gasteiger partial charge in [0.05, 0.1) is 0 Å². The highest BCUT2D eigenvalue weighted by molar-refractivity contribution is 5.95. The van der Waals surface area contributed by atoms with Crippen molar-refractivity contribution in [2.24, 2.45) is 5.92 Å². The first kappa shape index (κ1) is 26.9. The van der Waals surface area contributed by atoms with Gasteiger partial charge in [0.25, 0.3) is 0 Å².